The number of nitrogens with zero attached hydrogens (tertiary/aromatic N) is 1. The minimum absolute atomic E-state index is 0. The summed E-state index contributed by atoms with van der Waals surface area (Å²) in [7, 11) is -3.17. The predicted octanol–water partition coefficient (Wildman–Crippen LogP) is 2.53. The average molecular weight is 562 g/mol. The number of furan rings is 1. The number of carbonyl (C=O) groups excluding carboxylic acids is 1. The van der Waals surface area contributed by atoms with E-state index in [0.29, 0.717) is 42.7 Å². The third kappa shape index (κ3) is 9.30. The number of guanidine groups is 1. The SMILES string of the molecule is CCNC(=NCCCNC(=O)c1occc1C)NCCc1ccc(S(C)(=O)=O)cc1.I. The molecule has 8 nitrogen and oxygen atoms in total. The summed E-state index contributed by atoms with van der Waals surface area (Å²) in [5.74, 6) is 0.838. The molecule has 1 amide bonds. The molecule has 0 radical (unpaired) electrons. The van der Waals surface area contributed by atoms with E-state index in [9.17, 15) is 13.2 Å². The minimum Gasteiger partial charge on any atom is -0.459 e. The fourth-order valence-electron chi connectivity index (χ4n) is 2.73. The second-order valence-electron chi connectivity index (χ2n) is 6.90. The summed E-state index contributed by atoms with van der Waals surface area (Å²) < 4.78 is 28.2. The Morgan fingerprint density at radius 3 is 2.35 bits per heavy atom. The number of sulfone groups is 1. The van der Waals surface area contributed by atoms with Crippen LogP contribution in [0, 0.1) is 6.92 Å². The summed E-state index contributed by atoms with van der Waals surface area (Å²) in [6.07, 6.45) is 4.15. The molecule has 1 aromatic carbocycles. The standard InChI is InChI=1S/C21H30N4O4S.HI/c1-4-22-21(24-13-5-12-23-20(26)19-16(2)11-15-29-19)25-14-10-17-6-8-18(9-7-17)30(3,27)28;/h6-9,11,15H,4-5,10,12-14H2,1-3H3,(H,23,26)(H2,22,24,25);1H. The highest BCUT2D eigenvalue weighted by molar-refractivity contribution is 14.0. The van der Waals surface area contributed by atoms with Crippen LogP contribution in [0.4, 0.5) is 0 Å². The van der Waals surface area contributed by atoms with Crippen molar-refractivity contribution < 1.29 is 17.6 Å². The van der Waals surface area contributed by atoms with E-state index in [-0.39, 0.29) is 29.9 Å². The number of aliphatic imine (C=N–C) groups is 1. The molecule has 0 bridgehead atoms. The molecule has 0 aliphatic rings. The number of aryl methyl sites for hydroxylation is 1. The molecular formula is C21H31IN4O4S. The first-order chi connectivity index (χ1) is 14.3. The van der Waals surface area contributed by atoms with Crippen molar-refractivity contribution in [3.63, 3.8) is 0 Å². The summed E-state index contributed by atoms with van der Waals surface area (Å²) in [4.78, 5) is 16.8. The smallest absolute Gasteiger partial charge is 0.287 e. The van der Waals surface area contributed by atoms with E-state index in [4.69, 9.17) is 4.42 Å². The van der Waals surface area contributed by atoms with Crippen LogP contribution in [0.5, 0.6) is 0 Å². The molecule has 2 rings (SSSR count). The minimum atomic E-state index is -3.17. The van der Waals surface area contributed by atoms with Gasteiger partial charge in [-0.3, -0.25) is 9.79 Å². The number of rotatable bonds is 10. The molecular weight excluding hydrogens is 531 g/mol. The van der Waals surface area contributed by atoms with Gasteiger partial charge in [0, 0.05) is 38.0 Å². The summed E-state index contributed by atoms with van der Waals surface area (Å²) in [5, 5.41) is 9.27. The second-order valence-corrected chi connectivity index (χ2v) is 8.91. The van der Waals surface area contributed by atoms with Crippen LogP contribution in [-0.2, 0) is 16.3 Å². The van der Waals surface area contributed by atoms with Gasteiger partial charge in [-0.05, 0) is 50.5 Å². The van der Waals surface area contributed by atoms with Crippen LogP contribution in [-0.4, -0.2) is 52.7 Å². The number of benzene rings is 1. The molecule has 0 saturated heterocycles. The lowest BCUT2D eigenvalue weighted by Gasteiger charge is -2.11. The van der Waals surface area contributed by atoms with Crippen LogP contribution in [0.15, 0.2) is 50.9 Å². The molecule has 0 unspecified atom stereocenters. The van der Waals surface area contributed by atoms with E-state index in [1.165, 1.54) is 12.5 Å². The van der Waals surface area contributed by atoms with Gasteiger partial charge in [0.1, 0.15) is 0 Å². The maximum atomic E-state index is 12.0. The monoisotopic (exact) mass is 562 g/mol. The molecule has 1 aromatic heterocycles. The molecule has 10 heteroatoms. The third-order valence-corrected chi connectivity index (χ3v) is 5.49. The molecule has 1 heterocycles. The molecule has 172 valence electrons. The van der Waals surface area contributed by atoms with Crippen molar-refractivity contribution in [2.45, 2.75) is 31.6 Å². The number of hydrogen-bond donors (Lipinski definition) is 3. The van der Waals surface area contributed by atoms with Crippen LogP contribution in [0.3, 0.4) is 0 Å². The predicted molar refractivity (Wildman–Crippen MR) is 133 cm³/mol. The van der Waals surface area contributed by atoms with E-state index in [1.807, 2.05) is 26.0 Å². The van der Waals surface area contributed by atoms with Crippen molar-refractivity contribution in [2.75, 3.05) is 32.4 Å². The van der Waals surface area contributed by atoms with Crippen molar-refractivity contribution in [1.82, 2.24) is 16.0 Å². The largest absolute Gasteiger partial charge is 0.459 e. The number of carbonyl (C=O) groups is 1. The van der Waals surface area contributed by atoms with Gasteiger partial charge in [-0.2, -0.15) is 0 Å². The highest BCUT2D eigenvalue weighted by Crippen LogP contribution is 2.10. The topological polar surface area (TPSA) is 113 Å². The molecule has 3 N–H and O–H groups in total. The van der Waals surface area contributed by atoms with Gasteiger partial charge in [-0.15, -0.1) is 24.0 Å². The lowest BCUT2D eigenvalue weighted by molar-refractivity contribution is 0.0925. The molecule has 31 heavy (non-hydrogen) atoms. The number of nitrogens with one attached hydrogen (secondary N) is 3. The average Bonchev–Trinajstić information content (AvgIpc) is 3.13. The van der Waals surface area contributed by atoms with Crippen LogP contribution in [0.1, 0.15) is 35.0 Å². The van der Waals surface area contributed by atoms with Crippen molar-refractivity contribution in [2.24, 2.45) is 4.99 Å². The van der Waals surface area contributed by atoms with Gasteiger partial charge in [-0.25, -0.2) is 8.42 Å². The summed E-state index contributed by atoms with van der Waals surface area (Å²) in [5.41, 5.74) is 1.86. The first kappa shape index (κ1) is 27.0. The van der Waals surface area contributed by atoms with Gasteiger partial charge >= 0.3 is 0 Å². The van der Waals surface area contributed by atoms with E-state index < -0.39 is 9.84 Å². The van der Waals surface area contributed by atoms with E-state index in [0.717, 1.165) is 24.1 Å². The molecule has 0 aliphatic carbocycles. The van der Waals surface area contributed by atoms with Crippen LogP contribution < -0.4 is 16.0 Å². The van der Waals surface area contributed by atoms with Crippen LogP contribution in [0.2, 0.25) is 0 Å². The molecule has 0 atom stereocenters. The van der Waals surface area contributed by atoms with E-state index in [1.54, 1.807) is 18.2 Å². The summed E-state index contributed by atoms with van der Waals surface area (Å²) in [6.45, 7) is 6.30. The van der Waals surface area contributed by atoms with Crippen molar-refractivity contribution in [3.05, 3.63) is 53.5 Å². The van der Waals surface area contributed by atoms with Gasteiger partial charge in [0.25, 0.3) is 5.91 Å². The number of halogens is 1. The van der Waals surface area contributed by atoms with Crippen molar-refractivity contribution >= 4 is 45.7 Å². The van der Waals surface area contributed by atoms with Crippen LogP contribution in [0.25, 0.3) is 0 Å². The third-order valence-electron chi connectivity index (χ3n) is 4.36. The number of amides is 1. The summed E-state index contributed by atoms with van der Waals surface area (Å²) >= 11 is 0. The van der Waals surface area contributed by atoms with Gasteiger partial charge < -0.3 is 20.4 Å². The molecule has 0 aliphatic heterocycles. The first-order valence-electron chi connectivity index (χ1n) is 9.94. The first-order valence-corrected chi connectivity index (χ1v) is 11.8. The van der Waals surface area contributed by atoms with Gasteiger partial charge in [0.15, 0.2) is 21.6 Å². The molecule has 0 fully saturated rings. The maximum Gasteiger partial charge on any atom is 0.287 e. The van der Waals surface area contributed by atoms with Crippen molar-refractivity contribution in [3.8, 4) is 0 Å². The normalized spacial score (nSPS) is 11.5. The fourth-order valence-corrected chi connectivity index (χ4v) is 3.36. The zero-order chi connectivity index (χ0) is 22.0. The quantitative estimate of drug-likeness (QED) is 0.178. The molecule has 2 aromatic rings. The Kier molecular flexibility index (Phi) is 11.6. The van der Waals surface area contributed by atoms with Gasteiger partial charge in [0.05, 0.1) is 11.2 Å². The highest BCUT2D eigenvalue weighted by Gasteiger charge is 2.11. The number of hydrogen-bond acceptors (Lipinski definition) is 5. The van der Waals surface area contributed by atoms with E-state index in [2.05, 4.69) is 20.9 Å². The molecule has 0 spiro atoms. The Hall–Kier alpha value is -2.08. The highest BCUT2D eigenvalue weighted by atomic mass is 127. The Morgan fingerprint density at radius 1 is 1.06 bits per heavy atom. The Bertz CT molecular complexity index is 956. The molecule has 0 saturated carbocycles. The van der Waals surface area contributed by atoms with Gasteiger partial charge in [0.2, 0.25) is 0 Å². The Morgan fingerprint density at radius 2 is 1.77 bits per heavy atom. The zero-order valence-electron chi connectivity index (χ0n) is 18.1. The summed E-state index contributed by atoms with van der Waals surface area (Å²) in [6, 6.07) is 8.66. The fraction of sp³-hybridized carbons (Fsp3) is 0.429. The second kappa shape index (κ2) is 13.4. The van der Waals surface area contributed by atoms with Crippen LogP contribution >= 0.6 is 24.0 Å². The van der Waals surface area contributed by atoms with Gasteiger partial charge in [-0.1, -0.05) is 12.1 Å². The van der Waals surface area contributed by atoms with E-state index >= 15 is 0 Å². The Labute approximate surface area is 201 Å². The maximum absolute atomic E-state index is 12.0. The lowest BCUT2D eigenvalue weighted by Crippen LogP contribution is -2.38. The van der Waals surface area contributed by atoms with Crippen molar-refractivity contribution in [1.29, 1.82) is 0 Å². The lowest BCUT2D eigenvalue weighted by atomic mass is 10.1. The zero-order valence-corrected chi connectivity index (χ0v) is 21.3. The Balaban J connectivity index is 0.00000480.